The monoisotopic (exact) mass is 448 g/mol. The van der Waals surface area contributed by atoms with E-state index < -0.39 is 10.0 Å². The SMILES string of the molecule is CNS(=O)(=O)CCNc1ccc(-c2ccccn2)cc1-c1ccn(Cc2cccnc2)n1. The van der Waals surface area contributed by atoms with Gasteiger partial charge in [0.05, 0.1) is 23.7 Å². The molecule has 0 aliphatic carbocycles. The minimum absolute atomic E-state index is 0.0274. The average Bonchev–Trinajstić information content (AvgIpc) is 3.28. The van der Waals surface area contributed by atoms with Crippen molar-refractivity contribution in [1.29, 1.82) is 0 Å². The molecule has 0 saturated heterocycles. The van der Waals surface area contributed by atoms with Crippen molar-refractivity contribution < 1.29 is 8.42 Å². The Morgan fingerprint density at radius 3 is 2.66 bits per heavy atom. The molecule has 164 valence electrons. The van der Waals surface area contributed by atoms with Gasteiger partial charge in [0, 0.05) is 48.1 Å². The van der Waals surface area contributed by atoms with Crippen LogP contribution < -0.4 is 10.0 Å². The third kappa shape index (κ3) is 5.37. The highest BCUT2D eigenvalue weighted by molar-refractivity contribution is 7.89. The molecule has 2 N–H and O–H groups in total. The van der Waals surface area contributed by atoms with E-state index in [2.05, 4.69) is 20.0 Å². The van der Waals surface area contributed by atoms with Crippen LogP contribution >= 0.6 is 0 Å². The predicted molar refractivity (Wildman–Crippen MR) is 126 cm³/mol. The zero-order valence-electron chi connectivity index (χ0n) is 17.6. The predicted octanol–water partition coefficient (Wildman–Crippen LogP) is 3.02. The zero-order valence-corrected chi connectivity index (χ0v) is 18.5. The van der Waals surface area contributed by atoms with E-state index in [9.17, 15) is 8.42 Å². The molecule has 0 radical (unpaired) electrons. The number of hydrogen-bond acceptors (Lipinski definition) is 6. The summed E-state index contributed by atoms with van der Waals surface area (Å²) in [5.41, 5.74) is 5.33. The van der Waals surface area contributed by atoms with Gasteiger partial charge < -0.3 is 5.32 Å². The number of nitrogens with one attached hydrogen (secondary N) is 2. The van der Waals surface area contributed by atoms with Crippen molar-refractivity contribution in [2.24, 2.45) is 0 Å². The summed E-state index contributed by atoms with van der Waals surface area (Å²) < 4.78 is 27.8. The molecule has 3 aromatic heterocycles. The van der Waals surface area contributed by atoms with Gasteiger partial charge in [0.2, 0.25) is 10.0 Å². The first kappa shape index (κ1) is 21.7. The first-order chi connectivity index (χ1) is 15.5. The Morgan fingerprint density at radius 1 is 1.00 bits per heavy atom. The highest BCUT2D eigenvalue weighted by Crippen LogP contribution is 2.31. The molecule has 8 nitrogen and oxygen atoms in total. The van der Waals surface area contributed by atoms with E-state index in [4.69, 9.17) is 5.10 Å². The van der Waals surface area contributed by atoms with Gasteiger partial charge in [-0.2, -0.15) is 5.10 Å². The van der Waals surface area contributed by atoms with E-state index in [1.807, 2.05) is 71.7 Å². The van der Waals surface area contributed by atoms with Crippen LogP contribution in [0.3, 0.4) is 0 Å². The minimum Gasteiger partial charge on any atom is -0.383 e. The van der Waals surface area contributed by atoms with Gasteiger partial charge in [0.25, 0.3) is 0 Å². The molecule has 0 amide bonds. The summed E-state index contributed by atoms with van der Waals surface area (Å²) in [5, 5.41) is 7.98. The van der Waals surface area contributed by atoms with E-state index in [0.717, 1.165) is 33.8 Å². The molecule has 0 unspecified atom stereocenters. The molecular formula is C23H24N6O2S. The van der Waals surface area contributed by atoms with Crippen LogP contribution in [-0.2, 0) is 16.6 Å². The van der Waals surface area contributed by atoms with Crippen LogP contribution in [0.1, 0.15) is 5.56 Å². The van der Waals surface area contributed by atoms with E-state index in [1.165, 1.54) is 7.05 Å². The van der Waals surface area contributed by atoms with E-state index in [0.29, 0.717) is 6.54 Å². The summed E-state index contributed by atoms with van der Waals surface area (Å²) in [5.74, 6) is -0.0274. The van der Waals surface area contributed by atoms with Gasteiger partial charge in [-0.05, 0) is 49.0 Å². The fraction of sp³-hybridized carbons (Fsp3) is 0.174. The van der Waals surface area contributed by atoms with E-state index in [-0.39, 0.29) is 12.3 Å². The molecule has 0 bridgehead atoms. The topological polar surface area (TPSA) is 102 Å². The molecule has 0 aliphatic rings. The number of pyridine rings is 2. The van der Waals surface area contributed by atoms with Crippen molar-refractivity contribution in [2.45, 2.75) is 6.54 Å². The van der Waals surface area contributed by atoms with Crippen LogP contribution in [0.25, 0.3) is 22.5 Å². The lowest BCUT2D eigenvalue weighted by Gasteiger charge is -2.13. The lowest BCUT2D eigenvalue weighted by molar-refractivity contribution is 0.588. The van der Waals surface area contributed by atoms with Gasteiger partial charge in [0.15, 0.2) is 0 Å². The number of nitrogens with zero attached hydrogens (tertiary/aromatic N) is 4. The molecule has 0 saturated carbocycles. The quantitative estimate of drug-likeness (QED) is 0.408. The molecule has 0 spiro atoms. The second-order valence-corrected chi connectivity index (χ2v) is 9.23. The third-order valence-corrected chi connectivity index (χ3v) is 6.33. The Balaban J connectivity index is 1.64. The van der Waals surface area contributed by atoms with Crippen molar-refractivity contribution >= 4 is 15.7 Å². The molecule has 4 aromatic rings. The highest BCUT2D eigenvalue weighted by atomic mass is 32.2. The summed E-state index contributed by atoms with van der Waals surface area (Å²) in [6.07, 6.45) is 7.24. The Morgan fingerprint density at radius 2 is 1.91 bits per heavy atom. The maximum Gasteiger partial charge on any atom is 0.213 e. The number of anilines is 1. The fourth-order valence-corrected chi connectivity index (χ4v) is 3.87. The van der Waals surface area contributed by atoms with Gasteiger partial charge >= 0.3 is 0 Å². The van der Waals surface area contributed by atoms with Crippen molar-refractivity contribution in [3.8, 4) is 22.5 Å². The Kier molecular flexibility index (Phi) is 6.58. The number of benzene rings is 1. The van der Waals surface area contributed by atoms with Crippen LogP contribution in [0.4, 0.5) is 5.69 Å². The Labute approximate surface area is 187 Å². The standard InChI is InChI=1S/C23H24N6O2S/c1-24-32(30,31)14-12-27-22-8-7-19(21-6-2-3-11-26-21)15-20(22)23-9-13-29(28-23)17-18-5-4-10-25-16-18/h2-11,13,15-16,24,27H,12,14,17H2,1H3. The second-order valence-electron chi connectivity index (χ2n) is 7.18. The molecule has 3 heterocycles. The smallest absolute Gasteiger partial charge is 0.213 e. The van der Waals surface area contributed by atoms with Crippen LogP contribution in [0.2, 0.25) is 0 Å². The largest absolute Gasteiger partial charge is 0.383 e. The lowest BCUT2D eigenvalue weighted by atomic mass is 10.0. The molecule has 0 fully saturated rings. The summed E-state index contributed by atoms with van der Waals surface area (Å²) in [6, 6.07) is 17.5. The molecule has 4 rings (SSSR count). The molecular weight excluding hydrogens is 424 g/mol. The molecule has 9 heteroatoms. The van der Waals surface area contributed by atoms with Gasteiger partial charge in [0.1, 0.15) is 0 Å². The summed E-state index contributed by atoms with van der Waals surface area (Å²) in [7, 11) is -1.88. The first-order valence-electron chi connectivity index (χ1n) is 10.2. The summed E-state index contributed by atoms with van der Waals surface area (Å²) >= 11 is 0. The fourth-order valence-electron chi connectivity index (χ4n) is 3.30. The van der Waals surface area contributed by atoms with Crippen LogP contribution in [0.5, 0.6) is 0 Å². The summed E-state index contributed by atoms with van der Waals surface area (Å²) in [6.45, 7) is 0.881. The minimum atomic E-state index is -3.30. The van der Waals surface area contributed by atoms with Gasteiger partial charge in [-0.25, -0.2) is 13.1 Å². The Bertz CT molecular complexity index is 1270. The van der Waals surface area contributed by atoms with Gasteiger partial charge in [-0.1, -0.05) is 18.2 Å². The van der Waals surface area contributed by atoms with Crippen LogP contribution in [0, 0.1) is 0 Å². The van der Waals surface area contributed by atoms with E-state index in [1.54, 1.807) is 12.4 Å². The van der Waals surface area contributed by atoms with E-state index >= 15 is 0 Å². The maximum absolute atomic E-state index is 11.8. The lowest BCUT2D eigenvalue weighted by Crippen LogP contribution is -2.26. The number of aromatic nitrogens is 4. The van der Waals surface area contributed by atoms with Crippen molar-refractivity contribution in [1.82, 2.24) is 24.5 Å². The number of hydrogen-bond donors (Lipinski definition) is 2. The summed E-state index contributed by atoms with van der Waals surface area (Å²) in [4.78, 5) is 8.59. The Hall–Kier alpha value is -3.56. The number of rotatable bonds is 9. The van der Waals surface area contributed by atoms with Crippen LogP contribution in [0.15, 0.2) is 79.4 Å². The number of sulfonamides is 1. The average molecular weight is 449 g/mol. The highest BCUT2D eigenvalue weighted by Gasteiger charge is 2.13. The normalized spacial score (nSPS) is 11.4. The van der Waals surface area contributed by atoms with Crippen molar-refractivity contribution in [2.75, 3.05) is 24.7 Å². The molecule has 32 heavy (non-hydrogen) atoms. The third-order valence-electron chi connectivity index (χ3n) is 4.96. The van der Waals surface area contributed by atoms with Crippen molar-refractivity contribution in [3.63, 3.8) is 0 Å². The first-order valence-corrected chi connectivity index (χ1v) is 11.8. The molecule has 0 aliphatic heterocycles. The maximum atomic E-state index is 11.8. The molecule has 1 aromatic carbocycles. The molecule has 0 atom stereocenters. The second kappa shape index (κ2) is 9.71. The zero-order chi connectivity index (χ0) is 22.4. The van der Waals surface area contributed by atoms with Crippen LogP contribution in [-0.4, -0.2) is 47.5 Å². The van der Waals surface area contributed by atoms with Gasteiger partial charge in [-0.15, -0.1) is 0 Å². The van der Waals surface area contributed by atoms with Crippen molar-refractivity contribution in [3.05, 3.63) is 84.9 Å². The van der Waals surface area contributed by atoms with Gasteiger partial charge in [-0.3, -0.25) is 14.6 Å².